The van der Waals surface area contributed by atoms with E-state index in [-0.39, 0.29) is 17.7 Å². The molecule has 0 saturated carbocycles. The van der Waals surface area contributed by atoms with Crippen molar-refractivity contribution in [2.45, 2.75) is 18.9 Å². The molecule has 3 heterocycles. The average Bonchev–Trinajstić information content (AvgIpc) is 2.91. The lowest BCUT2D eigenvalue weighted by atomic mass is 10.0. The average molecular weight is 347 g/mol. The Morgan fingerprint density at radius 1 is 1.20 bits per heavy atom. The molecule has 1 unspecified atom stereocenters. The van der Waals surface area contributed by atoms with Gasteiger partial charge < -0.3 is 15.0 Å². The molecule has 2 aliphatic rings. The first-order valence-corrected chi connectivity index (χ1v) is 8.77. The van der Waals surface area contributed by atoms with Crippen molar-refractivity contribution in [3.63, 3.8) is 0 Å². The van der Waals surface area contributed by atoms with Crippen LogP contribution in [0.15, 0.2) is 18.6 Å². The number of amides is 2. The molecular formula is C17H25N5O3. The van der Waals surface area contributed by atoms with E-state index in [1.165, 1.54) is 12.4 Å². The van der Waals surface area contributed by atoms with Gasteiger partial charge in [0.05, 0.1) is 12.1 Å². The van der Waals surface area contributed by atoms with Crippen molar-refractivity contribution < 1.29 is 14.3 Å². The predicted octanol–water partition coefficient (Wildman–Crippen LogP) is -0.224. The SMILES string of the molecule is CNC(=O)C1CN(C(=O)c2cnccn2)CCN(C2CCOCC2)C1. The normalized spacial score (nSPS) is 23.1. The van der Waals surface area contributed by atoms with Gasteiger partial charge in [0, 0.05) is 64.9 Å². The maximum Gasteiger partial charge on any atom is 0.274 e. The van der Waals surface area contributed by atoms with Crippen LogP contribution in [0.1, 0.15) is 23.3 Å². The lowest BCUT2D eigenvalue weighted by Crippen LogP contribution is -2.45. The smallest absolute Gasteiger partial charge is 0.274 e. The van der Waals surface area contributed by atoms with E-state index in [0.29, 0.717) is 31.4 Å². The first-order chi connectivity index (χ1) is 12.2. The lowest BCUT2D eigenvalue weighted by Gasteiger charge is -2.34. The summed E-state index contributed by atoms with van der Waals surface area (Å²) in [7, 11) is 1.64. The van der Waals surface area contributed by atoms with Crippen LogP contribution in [0, 0.1) is 5.92 Å². The molecule has 2 saturated heterocycles. The standard InChI is InChI=1S/C17H25N5O3/c1-18-16(23)13-11-21(14-2-8-25-9-3-14)6-7-22(12-13)17(24)15-10-19-4-5-20-15/h4-5,10,13-14H,2-3,6-9,11-12H2,1H3,(H,18,23). The summed E-state index contributed by atoms with van der Waals surface area (Å²) in [6, 6.07) is 0.410. The fraction of sp³-hybridized carbons (Fsp3) is 0.647. The molecule has 2 fully saturated rings. The molecule has 0 spiro atoms. The summed E-state index contributed by atoms with van der Waals surface area (Å²) in [6.07, 6.45) is 6.46. The van der Waals surface area contributed by atoms with Gasteiger partial charge in [-0.25, -0.2) is 4.98 Å². The minimum atomic E-state index is -0.254. The highest BCUT2D eigenvalue weighted by Gasteiger charge is 2.33. The van der Waals surface area contributed by atoms with Crippen LogP contribution in [0.5, 0.6) is 0 Å². The molecule has 1 N–H and O–H groups in total. The van der Waals surface area contributed by atoms with Crippen LogP contribution in [-0.4, -0.2) is 84.1 Å². The summed E-state index contributed by atoms with van der Waals surface area (Å²) in [6.45, 7) is 3.91. The van der Waals surface area contributed by atoms with Crippen molar-refractivity contribution in [2.24, 2.45) is 5.92 Å². The van der Waals surface area contributed by atoms with Crippen LogP contribution in [0.4, 0.5) is 0 Å². The van der Waals surface area contributed by atoms with Gasteiger partial charge in [0.2, 0.25) is 5.91 Å². The zero-order valence-electron chi connectivity index (χ0n) is 14.6. The Balaban J connectivity index is 1.75. The van der Waals surface area contributed by atoms with Gasteiger partial charge in [0.15, 0.2) is 0 Å². The third-order valence-corrected chi connectivity index (χ3v) is 4.95. The first kappa shape index (κ1) is 17.8. The molecule has 2 amide bonds. The molecule has 25 heavy (non-hydrogen) atoms. The Kier molecular flexibility index (Phi) is 5.93. The van der Waals surface area contributed by atoms with E-state index in [9.17, 15) is 9.59 Å². The molecule has 8 nitrogen and oxygen atoms in total. The second-order valence-electron chi connectivity index (χ2n) is 6.49. The van der Waals surface area contributed by atoms with Gasteiger partial charge in [-0.05, 0) is 12.8 Å². The predicted molar refractivity (Wildman–Crippen MR) is 90.9 cm³/mol. The van der Waals surface area contributed by atoms with Crippen molar-refractivity contribution in [3.8, 4) is 0 Å². The van der Waals surface area contributed by atoms with E-state index in [4.69, 9.17) is 4.74 Å². The van der Waals surface area contributed by atoms with Gasteiger partial charge in [0.25, 0.3) is 5.91 Å². The summed E-state index contributed by atoms with van der Waals surface area (Å²) in [4.78, 5) is 37.2. The summed E-state index contributed by atoms with van der Waals surface area (Å²) < 4.78 is 5.45. The van der Waals surface area contributed by atoms with Gasteiger partial charge in [-0.15, -0.1) is 0 Å². The van der Waals surface area contributed by atoms with Crippen molar-refractivity contribution >= 4 is 11.8 Å². The molecule has 0 bridgehead atoms. The molecule has 1 atom stereocenters. The van der Waals surface area contributed by atoms with Gasteiger partial charge in [-0.2, -0.15) is 0 Å². The quantitative estimate of drug-likeness (QED) is 0.813. The van der Waals surface area contributed by atoms with Gasteiger partial charge in [0.1, 0.15) is 5.69 Å². The van der Waals surface area contributed by atoms with Crippen molar-refractivity contribution in [1.82, 2.24) is 25.1 Å². The van der Waals surface area contributed by atoms with Crippen molar-refractivity contribution in [1.29, 1.82) is 0 Å². The minimum absolute atomic E-state index is 0.0316. The number of carbonyl (C=O) groups excluding carboxylic acids is 2. The molecule has 2 aliphatic heterocycles. The molecule has 1 aromatic rings. The molecule has 0 aliphatic carbocycles. The highest BCUT2D eigenvalue weighted by atomic mass is 16.5. The Bertz CT molecular complexity index is 591. The second-order valence-corrected chi connectivity index (χ2v) is 6.49. The molecule has 0 aromatic carbocycles. The largest absolute Gasteiger partial charge is 0.381 e. The van der Waals surface area contributed by atoms with E-state index in [2.05, 4.69) is 20.2 Å². The maximum atomic E-state index is 12.7. The molecule has 3 rings (SSSR count). The Morgan fingerprint density at radius 2 is 2.00 bits per heavy atom. The molecular weight excluding hydrogens is 322 g/mol. The number of ether oxygens (including phenoxy) is 1. The van der Waals surface area contributed by atoms with E-state index in [1.54, 1.807) is 18.1 Å². The van der Waals surface area contributed by atoms with Crippen LogP contribution in [0.3, 0.4) is 0 Å². The van der Waals surface area contributed by atoms with Crippen LogP contribution < -0.4 is 5.32 Å². The third kappa shape index (κ3) is 4.32. The fourth-order valence-corrected chi connectivity index (χ4v) is 3.55. The molecule has 136 valence electrons. The Morgan fingerprint density at radius 3 is 2.68 bits per heavy atom. The number of carbonyl (C=O) groups is 2. The lowest BCUT2D eigenvalue weighted by molar-refractivity contribution is -0.125. The number of rotatable bonds is 3. The monoisotopic (exact) mass is 347 g/mol. The number of hydrogen-bond donors (Lipinski definition) is 1. The number of hydrogen-bond acceptors (Lipinski definition) is 6. The minimum Gasteiger partial charge on any atom is -0.381 e. The zero-order chi connectivity index (χ0) is 17.6. The maximum absolute atomic E-state index is 12.7. The topological polar surface area (TPSA) is 87.7 Å². The van der Waals surface area contributed by atoms with Crippen LogP contribution in [-0.2, 0) is 9.53 Å². The van der Waals surface area contributed by atoms with Gasteiger partial charge in [-0.1, -0.05) is 0 Å². The summed E-state index contributed by atoms with van der Waals surface area (Å²) in [5.74, 6) is -0.456. The van der Waals surface area contributed by atoms with Gasteiger partial charge in [-0.3, -0.25) is 19.5 Å². The fourth-order valence-electron chi connectivity index (χ4n) is 3.55. The third-order valence-electron chi connectivity index (χ3n) is 4.95. The summed E-state index contributed by atoms with van der Waals surface area (Å²) >= 11 is 0. The van der Waals surface area contributed by atoms with Gasteiger partial charge >= 0.3 is 0 Å². The van der Waals surface area contributed by atoms with Crippen molar-refractivity contribution in [3.05, 3.63) is 24.3 Å². The zero-order valence-corrected chi connectivity index (χ0v) is 14.6. The first-order valence-electron chi connectivity index (χ1n) is 8.77. The molecule has 1 aromatic heterocycles. The highest BCUT2D eigenvalue weighted by molar-refractivity contribution is 5.92. The number of nitrogens with zero attached hydrogens (tertiary/aromatic N) is 4. The van der Waals surface area contributed by atoms with E-state index < -0.39 is 0 Å². The second kappa shape index (κ2) is 8.35. The Hall–Kier alpha value is -2.06. The molecule has 8 heteroatoms. The van der Waals surface area contributed by atoms with Crippen LogP contribution >= 0.6 is 0 Å². The molecule has 0 radical (unpaired) electrons. The number of aromatic nitrogens is 2. The number of nitrogens with one attached hydrogen (secondary N) is 1. The van der Waals surface area contributed by atoms with Crippen LogP contribution in [0.25, 0.3) is 0 Å². The van der Waals surface area contributed by atoms with E-state index in [0.717, 1.165) is 32.6 Å². The summed E-state index contributed by atoms with van der Waals surface area (Å²) in [5.41, 5.74) is 0.317. The van der Waals surface area contributed by atoms with E-state index in [1.807, 2.05) is 0 Å². The van der Waals surface area contributed by atoms with Crippen molar-refractivity contribution in [2.75, 3.05) is 46.4 Å². The summed E-state index contributed by atoms with van der Waals surface area (Å²) in [5, 5.41) is 2.73. The highest BCUT2D eigenvalue weighted by Crippen LogP contribution is 2.20. The van der Waals surface area contributed by atoms with Crippen LogP contribution in [0.2, 0.25) is 0 Å². The Labute approximate surface area is 147 Å². The van der Waals surface area contributed by atoms with E-state index >= 15 is 0 Å².